The summed E-state index contributed by atoms with van der Waals surface area (Å²) >= 11 is 0. The fraction of sp³-hybridized carbons (Fsp3) is 0.571. The molecule has 0 spiro atoms. The maximum Gasteiger partial charge on any atom is 0.270 e. The maximum atomic E-state index is 11.9. The van der Waals surface area contributed by atoms with Crippen molar-refractivity contribution in [1.82, 2.24) is 0 Å². The maximum absolute atomic E-state index is 11.9. The molecular weight excluding hydrogens is 292 g/mol. The number of hydrogen-bond acceptors (Lipinski definition) is 4. The van der Waals surface area contributed by atoms with Crippen LogP contribution in [0.4, 0.5) is 11.4 Å². The van der Waals surface area contributed by atoms with E-state index in [1.54, 1.807) is 6.92 Å². The Balaban J connectivity index is 3.44. The lowest BCUT2D eigenvalue weighted by molar-refractivity contribution is -0.385. The molecule has 1 aromatic rings. The molecule has 0 fully saturated rings. The first-order chi connectivity index (χ1) is 9.84. The van der Waals surface area contributed by atoms with Crippen LogP contribution < -0.4 is 4.72 Å². The quantitative estimate of drug-likeness (QED) is 0.589. The smallest absolute Gasteiger partial charge is 0.270 e. The zero-order valence-corrected chi connectivity index (χ0v) is 13.5. The van der Waals surface area contributed by atoms with Crippen molar-refractivity contribution in [1.29, 1.82) is 0 Å². The molecule has 0 heterocycles. The van der Waals surface area contributed by atoms with Gasteiger partial charge in [-0.1, -0.05) is 26.7 Å². The highest BCUT2D eigenvalue weighted by atomic mass is 32.2. The number of anilines is 1. The monoisotopic (exact) mass is 314 g/mol. The van der Waals surface area contributed by atoms with Gasteiger partial charge in [0, 0.05) is 12.1 Å². The standard InChI is InChI=1S/C14H22N2O4S/c1-4-7-11-9-13(16(17)18)10-12(8-5-2)14(11)15-21(19,20)6-3/h9-10,15H,4-8H2,1-3H3. The van der Waals surface area contributed by atoms with Crippen LogP contribution >= 0.6 is 0 Å². The van der Waals surface area contributed by atoms with Gasteiger partial charge in [-0.25, -0.2) is 8.42 Å². The Kier molecular flexibility index (Phi) is 6.14. The molecule has 6 nitrogen and oxygen atoms in total. The second kappa shape index (κ2) is 7.40. The van der Waals surface area contributed by atoms with Gasteiger partial charge in [0.1, 0.15) is 0 Å². The molecule has 0 amide bonds. The molecule has 0 radical (unpaired) electrons. The Morgan fingerprint density at radius 1 is 1.10 bits per heavy atom. The third kappa shape index (κ3) is 4.70. The number of nitrogens with zero attached hydrogens (tertiary/aromatic N) is 1. The molecule has 0 saturated carbocycles. The van der Waals surface area contributed by atoms with E-state index in [0.29, 0.717) is 29.7 Å². The highest BCUT2D eigenvalue weighted by molar-refractivity contribution is 7.92. The van der Waals surface area contributed by atoms with Crippen molar-refractivity contribution in [2.45, 2.75) is 46.5 Å². The molecule has 0 aliphatic carbocycles. The summed E-state index contributed by atoms with van der Waals surface area (Å²) < 4.78 is 26.3. The number of rotatable bonds is 8. The van der Waals surface area contributed by atoms with Crippen molar-refractivity contribution in [3.8, 4) is 0 Å². The lowest BCUT2D eigenvalue weighted by Crippen LogP contribution is -2.17. The van der Waals surface area contributed by atoms with E-state index in [1.165, 1.54) is 12.1 Å². The Hall–Kier alpha value is -1.63. The summed E-state index contributed by atoms with van der Waals surface area (Å²) in [7, 11) is -3.41. The van der Waals surface area contributed by atoms with E-state index in [1.807, 2.05) is 13.8 Å². The van der Waals surface area contributed by atoms with Gasteiger partial charge >= 0.3 is 0 Å². The fourth-order valence-electron chi connectivity index (χ4n) is 2.15. The average Bonchev–Trinajstić information content (AvgIpc) is 2.42. The lowest BCUT2D eigenvalue weighted by Gasteiger charge is -2.16. The first-order valence-corrected chi connectivity index (χ1v) is 8.80. The Morgan fingerprint density at radius 3 is 1.90 bits per heavy atom. The predicted octanol–water partition coefficient (Wildman–Crippen LogP) is 3.26. The van der Waals surface area contributed by atoms with Crippen LogP contribution in [0.15, 0.2) is 12.1 Å². The molecule has 1 N–H and O–H groups in total. The fourth-order valence-corrected chi connectivity index (χ4v) is 2.86. The third-order valence-electron chi connectivity index (χ3n) is 3.17. The topological polar surface area (TPSA) is 89.3 Å². The van der Waals surface area contributed by atoms with Crippen LogP contribution in [-0.4, -0.2) is 19.1 Å². The molecule has 0 saturated heterocycles. The third-order valence-corrected chi connectivity index (χ3v) is 4.45. The lowest BCUT2D eigenvalue weighted by atomic mass is 9.99. The molecule has 0 aliphatic rings. The van der Waals surface area contributed by atoms with Gasteiger partial charge in [-0.2, -0.15) is 0 Å². The number of hydrogen-bond donors (Lipinski definition) is 1. The minimum atomic E-state index is -3.41. The van der Waals surface area contributed by atoms with Gasteiger partial charge in [0.05, 0.1) is 16.4 Å². The Morgan fingerprint density at radius 2 is 1.57 bits per heavy atom. The van der Waals surface area contributed by atoms with Crippen molar-refractivity contribution in [2.75, 3.05) is 10.5 Å². The summed E-state index contributed by atoms with van der Waals surface area (Å²) in [6, 6.07) is 2.94. The summed E-state index contributed by atoms with van der Waals surface area (Å²) in [4.78, 5) is 10.6. The van der Waals surface area contributed by atoms with E-state index in [0.717, 1.165) is 12.8 Å². The molecule has 118 valence electrons. The van der Waals surface area contributed by atoms with E-state index in [9.17, 15) is 18.5 Å². The van der Waals surface area contributed by atoms with Crippen LogP contribution in [-0.2, 0) is 22.9 Å². The summed E-state index contributed by atoms with van der Waals surface area (Å²) in [5, 5.41) is 11.0. The minimum Gasteiger partial charge on any atom is -0.283 e. The van der Waals surface area contributed by atoms with Crippen LogP contribution in [0.1, 0.15) is 44.7 Å². The molecule has 0 aromatic heterocycles. The van der Waals surface area contributed by atoms with Crippen LogP contribution in [0.3, 0.4) is 0 Å². The Labute approximate surface area is 125 Å². The summed E-state index contributed by atoms with van der Waals surface area (Å²) in [6.07, 6.45) is 2.76. The molecule has 0 aliphatic heterocycles. The predicted molar refractivity (Wildman–Crippen MR) is 84.2 cm³/mol. The van der Waals surface area contributed by atoms with Crippen LogP contribution in [0, 0.1) is 10.1 Å². The van der Waals surface area contributed by atoms with Crippen LogP contribution in [0.2, 0.25) is 0 Å². The molecule has 0 unspecified atom stereocenters. The summed E-state index contributed by atoms with van der Waals surface area (Å²) in [5.74, 6) is -0.0267. The number of aryl methyl sites for hydroxylation is 2. The zero-order valence-electron chi connectivity index (χ0n) is 12.7. The van der Waals surface area contributed by atoms with Gasteiger partial charge in [0.15, 0.2) is 0 Å². The van der Waals surface area contributed by atoms with Gasteiger partial charge < -0.3 is 0 Å². The number of nitrogens with one attached hydrogen (secondary N) is 1. The first-order valence-electron chi connectivity index (χ1n) is 7.15. The van der Waals surface area contributed by atoms with E-state index in [4.69, 9.17) is 0 Å². The van der Waals surface area contributed by atoms with Crippen molar-refractivity contribution >= 4 is 21.4 Å². The number of benzene rings is 1. The van der Waals surface area contributed by atoms with E-state index in [2.05, 4.69) is 4.72 Å². The summed E-state index contributed by atoms with van der Waals surface area (Å²) in [6.45, 7) is 5.47. The molecule has 1 aromatic carbocycles. The molecule has 21 heavy (non-hydrogen) atoms. The molecule has 7 heteroatoms. The molecule has 0 bridgehead atoms. The van der Waals surface area contributed by atoms with Crippen molar-refractivity contribution in [3.63, 3.8) is 0 Å². The van der Waals surface area contributed by atoms with Crippen molar-refractivity contribution in [3.05, 3.63) is 33.4 Å². The van der Waals surface area contributed by atoms with E-state index < -0.39 is 14.9 Å². The zero-order chi connectivity index (χ0) is 16.0. The largest absolute Gasteiger partial charge is 0.283 e. The second-order valence-corrected chi connectivity index (χ2v) is 6.91. The first kappa shape index (κ1) is 17.4. The van der Waals surface area contributed by atoms with Gasteiger partial charge in [0.25, 0.3) is 5.69 Å². The summed E-state index contributed by atoms with van der Waals surface area (Å²) in [5.41, 5.74) is 1.91. The minimum absolute atomic E-state index is 0.0151. The van der Waals surface area contributed by atoms with E-state index in [-0.39, 0.29) is 11.4 Å². The number of nitro groups is 1. The highest BCUT2D eigenvalue weighted by Crippen LogP contribution is 2.30. The van der Waals surface area contributed by atoms with Gasteiger partial charge in [-0.05, 0) is 30.9 Å². The van der Waals surface area contributed by atoms with Crippen LogP contribution in [0.5, 0.6) is 0 Å². The van der Waals surface area contributed by atoms with Crippen LogP contribution in [0.25, 0.3) is 0 Å². The SMILES string of the molecule is CCCc1cc([N+](=O)[O-])cc(CCC)c1NS(=O)(=O)CC. The van der Waals surface area contributed by atoms with Gasteiger partial charge in [-0.15, -0.1) is 0 Å². The number of nitro benzene ring substituents is 1. The van der Waals surface area contributed by atoms with Gasteiger partial charge in [0.2, 0.25) is 10.0 Å². The van der Waals surface area contributed by atoms with Crippen molar-refractivity contribution < 1.29 is 13.3 Å². The van der Waals surface area contributed by atoms with Gasteiger partial charge in [-0.3, -0.25) is 14.8 Å². The Bertz CT molecular complexity index is 584. The van der Waals surface area contributed by atoms with Crippen molar-refractivity contribution in [2.24, 2.45) is 0 Å². The molecular formula is C14H22N2O4S. The molecule has 1 rings (SSSR count). The second-order valence-electron chi connectivity index (χ2n) is 4.90. The highest BCUT2D eigenvalue weighted by Gasteiger charge is 2.19. The molecule has 0 atom stereocenters. The van der Waals surface area contributed by atoms with E-state index >= 15 is 0 Å². The number of sulfonamides is 1. The number of non-ortho nitro benzene ring substituents is 1. The average molecular weight is 314 g/mol. The normalized spacial score (nSPS) is 11.4.